The topological polar surface area (TPSA) is 99.6 Å². The van der Waals surface area contributed by atoms with Gasteiger partial charge in [-0.25, -0.2) is 9.67 Å². The van der Waals surface area contributed by atoms with Crippen LogP contribution in [0.4, 0.5) is 5.69 Å². The third-order valence-electron chi connectivity index (χ3n) is 3.51. The number of hydrogen-bond donors (Lipinski definition) is 0. The minimum Gasteiger partial charge on any atom is -0.258 e. The van der Waals surface area contributed by atoms with Gasteiger partial charge in [0.25, 0.3) is 5.69 Å². The summed E-state index contributed by atoms with van der Waals surface area (Å²) < 4.78 is 1.85. The molecule has 0 radical (unpaired) electrons. The molecule has 2 aromatic heterocycles. The zero-order valence-electron chi connectivity index (χ0n) is 11.3. The molecule has 2 aromatic rings. The van der Waals surface area contributed by atoms with Crippen molar-refractivity contribution < 1.29 is 4.92 Å². The molecular weight excluding hydrogens is 292 g/mol. The van der Waals surface area contributed by atoms with Crippen molar-refractivity contribution in [2.24, 2.45) is 0 Å². The second-order valence-corrected chi connectivity index (χ2v) is 5.90. The quantitative estimate of drug-likeness (QED) is 0.632. The van der Waals surface area contributed by atoms with Crippen LogP contribution in [0.5, 0.6) is 0 Å². The molecule has 0 unspecified atom stereocenters. The van der Waals surface area contributed by atoms with Gasteiger partial charge in [0.05, 0.1) is 11.0 Å². The fourth-order valence-corrected chi connectivity index (χ4v) is 3.23. The summed E-state index contributed by atoms with van der Waals surface area (Å²) in [5, 5.41) is 23.8. The molecule has 9 heteroatoms. The Morgan fingerprint density at radius 3 is 2.76 bits per heavy atom. The number of nitrogens with zero attached hydrogens (tertiary/aromatic N) is 6. The standard InChI is InChI=1S/C12H14N6O2S/c19-18(20)10-6-7-11(13-8-10)21-12-14-15-16-17(12)9-4-2-1-3-5-9/h6-9H,1-5H2. The maximum atomic E-state index is 10.6. The summed E-state index contributed by atoms with van der Waals surface area (Å²) >= 11 is 1.33. The zero-order valence-corrected chi connectivity index (χ0v) is 12.1. The largest absolute Gasteiger partial charge is 0.287 e. The highest BCUT2D eigenvalue weighted by molar-refractivity contribution is 7.99. The summed E-state index contributed by atoms with van der Waals surface area (Å²) in [6, 6.07) is 3.39. The van der Waals surface area contributed by atoms with Crippen molar-refractivity contribution in [3.05, 3.63) is 28.4 Å². The Kier molecular flexibility index (Phi) is 4.09. The minimum absolute atomic E-state index is 0.0220. The molecule has 0 amide bonds. The van der Waals surface area contributed by atoms with Gasteiger partial charge in [0.15, 0.2) is 0 Å². The van der Waals surface area contributed by atoms with Crippen molar-refractivity contribution >= 4 is 17.4 Å². The van der Waals surface area contributed by atoms with Gasteiger partial charge in [-0.15, -0.1) is 5.10 Å². The molecule has 8 nitrogen and oxygen atoms in total. The van der Waals surface area contributed by atoms with Gasteiger partial charge >= 0.3 is 0 Å². The molecule has 1 aliphatic rings. The molecule has 1 fully saturated rings. The molecular formula is C12H14N6O2S. The first-order chi connectivity index (χ1) is 10.2. The summed E-state index contributed by atoms with van der Waals surface area (Å²) in [5.41, 5.74) is -0.0220. The molecule has 1 aliphatic carbocycles. The number of aromatic nitrogens is 5. The van der Waals surface area contributed by atoms with Crippen LogP contribution in [0.3, 0.4) is 0 Å². The van der Waals surface area contributed by atoms with Crippen LogP contribution in [0, 0.1) is 10.1 Å². The first-order valence-corrected chi connectivity index (χ1v) is 7.62. The lowest BCUT2D eigenvalue weighted by Gasteiger charge is -2.21. The maximum Gasteiger partial charge on any atom is 0.287 e. The number of pyridine rings is 1. The third-order valence-corrected chi connectivity index (χ3v) is 4.41. The molecule has 1 saturated carbocycles. The average Bonchev–Trinajstić information content (AvgIpc) is 2.97. The van der Waals surface area contributed by atoms with E-state index in [1.54, 1.807) is 6.07 Å². The van der Waals surface area contributed by atoms with E-state index in [0.29, 0.717) is 16.2 Å². The van der Waals surface area contributed by atoms with Crippen molar-refractivity contribution in [2.75, 3.05) is 0 Å². The van der Waals surface area contributed by atoms with Gasteiger partial charge in [0.2, 0.25) is 5.16 Å². The van der Waals surface area contributed by atoms with Crippen molar-refractivity contribution in [3.63, 3.8) is 0 Å². The van der Waals surface area contributed by atoms with E-state index in [0.717, 1.165) is 12.8 Å². The van der Waals surface area contributed by atoms with Gasteiger partial charge in [-0.3, -0.25) is 10.1 Å². The van der Waals surface area contributed by atoms with Gasteiger partial charge in [-0.1, -0.05) is 19.3 Å². The SMILES string of the molecule is O=[N+]([O-])c1ccc(Sc2nnnn2C2CCCCC2)nc1. The Balaban J connectivity index is 1.75. The highest BCUT2D eigenvalue weighted by Gasteiger charge is 2.21. The van der Waals surface area contributed by atoms with Crippen LogP contribution in [0.1, 0.15) is 38.1 Å². The van der Waals surface area contributed by atoms with E-state index < -0.39 is 4.92 Å². The van der Waals surface area contributed by atoms with Crippen LogP contribution in [-0.4, -0.2) is 30.1 Å². The molecule has 0 bridgehead atoms. The third kappa shape index (κ3) is 3.18. The van der Waals surface area contributed by atoms with Crippen molar-refractivity contribution in [1.29, 1.82) is 0 Å². The second-order valence-electron chi connectivity index (χ2n) is 4.91. The molecule has 0 atom stereocenters. The highest BCUT2D eigenvalue weighted by Crippen LogP contribution is 2.32. The summed E-state index contributed by atoms with van der Waals surface area (Å²) in [6.07, 6.45) is 7.09. The normalized spacial score (nSPS) is 16.0. The maximum absolute atomic E-state index is 10.6. The zero-order chi connectivity index (χ0) is 14.7. The fraction of sp³-hybridized carbons (Fsp3) is 0.500. The molecule has 110 valence electrons. The summed E-state index contributed by atoms with van der Waals surface area (Å²) in [7, 11) is 0. The van der Waals surface area contributed by atoms with Crippen LogP contribution < -0.4 is 0 Å². The Morgan fingerprint density at radius 2 is 2.10 bits per heavy atom. The smallest absolute Gasteiger partial charge is 0.258 e. The molecule has 0 saturated heterocycles. The van der Waals surface area contributed by atoms with E-state index in [2.05, 4.69) is 20.5 Å². The minimum atomic E-state index is -0.465. The van der Waals surface area contributed by atoms with Gasteiger partial charge in [-0.2, -0.15) is 0 Å². The lowest BCUT2D eigenvalue weighted by molar-refractivity contribution is -0.385. The first kappa shape index (κ1) is 13.9. The predicted octanol–water partition coefficient (Wildman–Crippen LogP) is 2.63. The Hall–Kier alpha value is -2.03. The molecule has 0 aromatic carbocycles. The summed E-state index contributed by atoms with van der Waals surface area (Å²) in [5.74, 6) is 0. The van der Waals surface area contributed by atoms with Gasteiger partial charge < -0.3 is 0 Å². The molecule has 2 heterocycles. The van der Waals surface area contributed by atoms with Crippen LogP contribution in [-0.2, 0) is 0 Å². The van der Waals surface area contributed by atoms with Crippen molar-refractivity contribution in [1.82, 2.24) is 25.2 Å². The Bertz CT molecular complexity index is 623. The van der Waals surface area contributed by atoms with Gasteiger partial charge in [-0.05, 0) is 41.1 Å². The lowest BCUT2D eigenvalue weighted by atomic mass is 9.96. The average molecular weight is 306 g/mol. The Morgan fingerprint density at radius 1 is 1.29 bits per heavy atom. The summed E-state index contributed by atoms with van der Waals surface area (Å²) in [6.45, 7) is 0. The van der Waals surface area contributed by atoms with Crippen LogP contribution in [0.25, 0.3) is 0 Å². The van der Waals surface area contributed by atoms with E-state index in [1.807, 2.05) is 4.68 Å². The van der Waals surface area contributed by atoms with E-state index in [1.165, 1.54) is 43.3 Å². The highest BCUT2D eigenvalue weighted by atomic mass is 32.2. The van der Waals surface area contributed by atoms with Crippen molar-refractivity contribution in [3.8, 4) is 0 Å². The van der Waals surface area contributed by atoms with Crippen LogP contribution in [0.15, 0.2) is 28.5 Å². The first-order valence-electron chi connectivity index (χ1n) is 6.80. The number of nitro groups is 1. The molecule has 0 spiro atoms. The molecule has 3 rings (SSSR count). The monoisotopic (exact) mass is 306 g/mol. The molecule has 0 aliphatic heterocycles. The van der Waals surface area contributed by atoms with E-state index >= 15 is 0 Å². The van der Waals surface area contributed by atoms with Gasteiger partial charge in [0, 0.05) is 6.07 Å². The number of rotatable bonds is 4. The van der Waals surface area contributed by atoms with Crippen LogP contribution in [0.2, 0.25) is 0 Å². The van der Waals surface area contributed by atoms with Gasteiger partial charge in [0.1, 0.15) is 11.2 Å². The number of hydrogen-bond acceptors (Lipinski definition) is 7. The number of tetrazole rings is 1. The van der Waals surface area contributed by atoms with E-state index in [-0.39, 0.29) is 5.69 Å². The second kappa shape index (κ2) is 6.17. The predicted molar refractivity (Wildman–Crippen MR) is 75.0 cm³/mol. The molecule has 21 heavy (non-hydrogen) atoms. The summed E-state index contributed by atoms with van der Waals surface area (Å²) in [4.78, 5) is 14.2. The van der Waals surface area contributed by atoms with E-state index in [4.69, 9.17) is 0 Å². The van der Waals surface area contributed by atoms with Crippen molar-refractivity contribution in [2.45, 2.75) is 48.3 Å². The Labute approximate surface area is 125 Å². The van der Waals surface area contributed by atoms with E-state index in [9.17, 15) is 10.1 Å². The van der Waals surface area contributed by atoms with Crippen LogP contribution >= 0.6 is 11.8 Å². The fourth-order valence-electron chi connectivity index (χ4n) is 2.44. The lowest BCUT2D eigenvalue weighted by Crippen LogP contribution is -2.15. The molecule has 0 N–H and O–H groups in total.